The van der Waals surface area contributed by atoms with Gasteiger partial charge in [-0.1, -0.05) is 19.3 Å². The smallest absolute Gasteiger partial charge is 0.243 e. The Morgan fingerprint density at radius 3 is 2.71 bits per heavy atom. The molecule has 4 rings (SSSR count). The summed E-state index contributed by atoms with van der Waals surface area (Å²) in [6, 6.07) is -0.178. The van der Waals surface area contributed by atoms with Crippen LogP contribution in [-0.2, 0) is 9.63 Å². The van der Waals surface area contributed by atoms with Crippen LogP contribution in [-0.4, -0.2) is 71.6 Å². The summed E-state index contributed by atoms with van der Waals surface area (Å²) in [5.41, 5.74) is 3.13. The molecule has 24 heavy (non-hydrogen) atoms. The lowest BCUT2D eigenvalue weighted by Crippen LogP contribution is -2.66. The second kappa shape index (κ2) is 6.87. The van der Waals surface area contributed by atoms with Crippen LogP contribution < -0.4 is 5.48 Å². The minimum Gasteiger partial charge on any atom is -0.322 e. The van der Waals surface area contributed by atoms with Gasteiger partial charge in [-0.2, -0.15) is 10.7 Å². The van der Waals surface area contributed by atoms with Crippen LogP contribution >= 0.6 is 0 Å². The zero-order chi connectivity index (χ0) is 16.5. The van der Waals surface area contributed by atoms with E-state index in [9.17, 15) is 4.79 Å². The van der Waals surface area contributed by atoms with Crippen molar-refractivity contribution in [2.75, 3.05) is 32.7 Å². The molecule has 1 aliphatic carbocycles. The zero-order valence-corrected chi connectivity index (χ0v) is 14.2. The Morgan fingerprint density at radius 1 is 1.12 bits per heavy atom. The van der Waals surface area contributed by atoms with Gasteiger partial charge in [0, 0.05) is 32.6 Å². The number of carbonyl (C=O) groups is 1. The second-order valence-corrected chi connectivity index (χ2v) is 7.55. The molecule has 4 aliphatic rings. The summed E-state index contributed by atoms with van der Waals surface area (Å²) < 4.78 is 0. The maximum atomic E-state index is 12.9. The van der Waals surface area contributed by atoms with E-state index in [1.54, 1.807) is 4.90 Å². The van der Waals surface area contributed by atoms with Gasteiger partial charge >= 0.3 is 0 Å². The number of nitrogens with one attached hydrogen (secondary N) is 1. The van der Waals surface area contributed by atoms with E-state index in [1.165, 1.54) is 32.1 Å². The monoisotopic (exact) mass is 333 g/mol. The van der Waals surface area contributed by atoms with E-state index in [0.29, 0.717) is 12.5 Å². The van der Waals surface area contributed by atoms with Gasteiger partial charge in [0.05, 0.1) is 12.6 Å². The lowest BCUT2D eigenvalue weighted by molar-refractivity contribution is -0.149. The highest BCUT2D eigenvalue weighted by molar-refractivity contribution is 5.83. The molecule has 3 aliphatic heterocycles. The summed E-state index contributed by atoms with van der Waals surface area (Å²) in [6.07, 6.45) is 9.77. The number of nitrogens with zero attached hydrogens (tertiary/aromatic N) is 4. The third kappa shape index (κ3) is 2.99. The van der Waals surface area contributed by atoms with Crippen molar-refractivity contribution in [1.82, 2.24) is 20.2 Å². The van der Waals surface area contributed by atoms with Gasteiger partial charge in [0.15, 0.2) is 6.19 Å². The number of hydroxylamine groups is 1. The van der Waals surface area contributed by atoms with Gasteiger partial charge in [-0.25, -0.2) is 0 Å². The fourth-order valence-electron chi connectivity index (χ4n) is 4.73. The number of fused-ring (bicyclic) bond motifs is 1. The normalized spacial score (nSPS) is 35.8. The summed E-state index contributed by atoms with van der Waals surface area (Å²) in [6.45, 7) is 3.69. The van der Waals surface area contributed by atoms with Crippen LogP contribution in [0.4, 0.5) is 0 Å². The largest absolute Gasteiger partial charge is 0.322 e. The Balaban J connectivity index is 1.38. The minimum absolute atomic E-state index is 0.0101. The van der Waals surface area contributed by atoms with Crippen LogP contribution in [0.15, 0.2) is 0 Å². The van der Waals surface area contributed by atoms with E-state index in [0.717, 1.165) is 32.6 Å². The number of nitriles is 1. The Hall–Kier alpha value is -1.36. The molecule has 0 aromatic rings. The molecule has 3 saturated heterocycles. The average molecular weight is 333 g/mol. The maximum absolute atomic E-state index is 12.9. The topological polar surface area (TPSA) is 71.8 Å². The van der Waals surface area contributed by atoms with Crippen LogP contribution in [0, 0.1) is 17.4 Å². The van der Waals surface area contributed by atoms with Crippen molar-refractivity contribution in [3.63, 3.8) is 0 Å². The van der Waals surface area contributed by atoms with Crippen molar-refractivity contribution in [1.29, 1.82) is 5.26 Å². The van der Waals surface area contributed by atoms with E-state index < -0.39 is 0 Å². The minimum atomic E-state index is -0.178. The maximum Gasteiger partial charge on any atom is 0.243 e. The van der Waals surface area contributed by atoms with Crippen LogP contribution in [0.2, 0.25) is 0 Å². The number of rotatable bonds is 2. The molecule has 1 N–H and O–H groups in total. The lowest BCUT2D eigenvalue weighted by Gasteiger charge is -2.46. The van der Waals surface area contributed by atoms with Crippen LogP contribution in [0.3, 0.4) is 0 Å². The highest BCUT2D eigenvalue weighted by atomic mass is 16.7. The second-order valence-electron chi connectivity index (χ2n) is 7.55. The highest BCUT2D eigenvalue weighted by Crippen LogP contribution is 2.33. The molecule has 0 spiro atoms. The SMILES string of the molecule is N#CN1CCN2CCN(C3CC(C4CCCCC4)ON3)C(=O)[C@H]2C1. The molecule has 4 fully saturated rings. The van der Waals surface area contributed by atoms with Crippen LogP contribution in [0.25, 0.3) is 0 Å². The molecule has 1 saturated carbocycles. The standard InChI is InChI=1S/C17H27N5O2/c18-12-20-6-7-21-8-9-22(17(23)14(21)11-20)16-10-15(24-19-16)13-4-2-1-3-5-13/h13-16,19H,1-11H2/t14-,15?,16?/m1/s1. The molecule has 132 valence electrons. The summed E-state index contributed by atoms with van der Waals surface area (Å²) in [5.74, 6) is 0.781. The molecule has 1 amide bonds. The quantitative estimate of drug-likeness (QED) is 0.742. The first-order valence-corrected chi connectivity index (χ1v) is 9.36. The molecule has 2 unspecified atom stereocenters. The van der Waals surface area contributed by atoms with E-state index in [-0.39, 0.29) is 24.2 Å². The van der Waals surface area contributed by atoms with Crippen LogP contribution in [0.1, 0.15) is 38.5 Å². The molecule has 0 aromatic heterocycles. The fourth-order valence-corrected chi connectivity index (χ4v) is 4.73. The third-order valence-electron chi connectivity index (χ3n) is 6.19. The van der Waals surface area contributed by atoms with Crippen molar-refractivity contribution in [2.45, 2.75) is 56.8 Å². The first-order valence-electron chi connectivity index (χ1n) is 9.36. The van der Waals surface area contributed by atoms with E-state index >= 15 is 0 Å². The average Bonchev–Trinajstić information content (AvgIpc) is 3.12. The molecule has 0 aromatic carbocycles. The van der Waals surface area contributed by atoms with Gasteiger partial charge in [0.2, 0.25) is 5.91 Å². The molecule has 0 radical (unpaired) electrons. The van der Waals surface area contributed by atoms with E-state index in [1.807, 2.05) is 4.90 Å². The summed E-state index contributed by atoms with van der Waals surface area (Å²) >= 11 is 0. The zero-order valence-electron chi connectivity index (χ0n) is 14.2. The Morgan fingerprint density at radius 2 is 1.92 bits per heavy atom. The van der Waals surface area contributed by atoms with Gasteiger partial charge in [0.1, 0.15) is 12.2 Å². The van der Waals surface area contributed by atoms with Gasteiger partial charge in [-0.15, -0.1) is 0 Å². The lowest BCUT2D eigenvalue weighted by atomic mass is 9.84. The highest BCUT2D eigenvalue weighted by Gasteiger charge is 2.44. The number of hydrogen-bond donors (Lipinski definition) is 1. The van der Waals surface area contributed by atoms with Crippen molar-refractivity contribution in [2.24, 2.45) is 5.92 Å². The van der Waals surface area contributed by atoms with Crippen molar-refractivity contribution >= 4 is 5.91 Å². The number of hydrogen-bond acceptors (Lipinski definition) is 6. The first kappa shape index (κ1) is 16.1. The van der Waals surface area contributed by atoms with Gasteiger partial charge in [-0.3, -0.25) is 14.5 Å². The van der Waals surface area contributed by atoms with E-state index in [4.69, 9.17) is 10.1 Å². The predicted molar refractivity (Wildman–Crippen MR) is 87.2 cm³/mol. The molecule has 7 heteroatoms. The van der Waals surface area contributed by atoms with Gasteiger partial charge in [-0.05, 0) is 18.8 Å². The third-order valence-corrected chi connectivity index (χ3v) is 6.19. The molecular formula is C17H27N5O2. The number of amides is 1. The van der Waals surface area contributed by atoms with E-state index in [2.05, 4.69) is 16.6 Å². The van der Waals surface area contributed by atoms with Crippen molar-refractivity contribution < 1.29 is 9.63 Å². The van der Waals surface area contributed by atoms with Crippen molar-refractivity contribution in [3.8, 4) is 6.19 Å². The molecular weight excluding hydrogens is 306 g/mol. The van der Waals surface area contributed by atoms with Crippen LogP contribution in [0.5, 0.6) is 0 Å². The summed E-state index contributed by atoms with van der Waals surface area (Å²) in [7, 11) is 0. The summed E-state index contributed by atoms with van der Waals surface area (Å²) in [5, 5.41) is 9.12. The van der Waals surface area contributed by atoms with Gasteiger partial charge < -0.3 is 9.80 Å². The summed E-state index contributed by atoms with van der Waals surface area (Å²) in [4.78, 5) is 24.7. The Labute approximate surface area is 143 Å². The predicted octanol–water partition coefficient (Wildman–Crippen LogP) is 0.496. The Bertz CT molecular complexity index is 516. The van der Waals surface area contributed by atoms with Crippen molar-refractivity contribution in [3.05, 3.63) is 0 Å². The molecule has 7 nitrogen and oxygen atoms in total. The molecule has 0 bridgehead atoms. The Kier molecular flexibility index (Phi) is 4.61. The molecule has 3 atom stereocenters. The number of carbonyl (C=O) groups excluding carboxylic acids is 1. The van der Waals surface area contributed by atoms with Gasteiger partial charge in [0.25, 0.3) is 0 Å². The molecule has 3 heterocycles. The number of piperazine rings is 2. The fraction of sp³-hybridized carbons (Fsp3) is 0.882. The first-order chi connectivity index (χ1) is 11.8.